The van der Waals surface area contributed by atoms with E-state index < -0.39 is 0 Å². The second kappa shape index (κ2) is 11.9. The zero-order chi connectivity index (χ0) is 27.2. The SMILES string of the molecule is COc1ccc(C(=O)N=c2sc(C)c(C)n2Cc2ccc(C(=O)NC(C)c3ccccc3)cc2)cc1OC. The van der Waals surface area contributed by atoms with Crippen molar-refractivity contribution in [1.29, 1.82) is 0 Å². The van der Waals surface area contributed by atoms with Crippen LogP contribution in [0.3, 0.4) is 0 Å². The third-order valence-corrected chi connectivity index (χ3v) is 7.52. The number of rotatable bonds is 8. The fraction of sp³-hybridized carbons (Fsp3) is 0.233. The number of carbonyl (C=O) groups is 2. The van der Waals surface area contributed by atoms with Crippen LogP contribution in [0.5, 0.6) is 11.5 Å². The molecule has 0 saturated carbocycles. The van der Waals surface area contributed by atoms with Gasteiger partial charge in [-0.25, -0.2) is 0 Å². The highest BCUT2D eigenvalue weighted by Crippen LogP contribution is 2.27. The third-order valence-electron chi connectivity index (χ3n) is 6.42. The van der Waals surface area contributed by atoms with E-state index in [-0.39, 0.29) is 17.9 Å². The number of nitrogens with zero attached hydrogens (tertiary/aromatic N) is 2. The molecular formula is C30H31N3O4S. The van der Waals surface area contributed by atoms with Gasteiger partial charge in [-0.05, 0) is 62.2 Å². The minimum atomic E-state index is -0.361. The van der Waals surface area contributed by atoms with Gasteiger partial charge in [-0.2, -0.15) is 4.99 Å². The molecule has 2 amide bonds. The molecule has 0 saturated heterocycles. The van der Waals surface area contributed by atoms with Crippen LogP contribution in [0.4, 0.5) is 0 Å². The van der Waals surface area contributed by atoms with E-state index in [2.05, 4.69) is 10.3 Å². The molecule has 8 heteroatoms. The Balaban J connectivity index is 1.53. The van der Waals surface area contributed by atoms with E-state index in [1.807, 2.05) is 79.9 Å². The first-order valence-corrected chi connectivity index (χ1v) is 13.0. The molecule has 196 valence electrons. The van der Waals surface area contributed by atoms with Gasteiger partial charge < -0.3 is 19.4 Å². The number of amides is 2. The molecule has 4 rings (SSSR count). The molecule has 1 N–H and O–H groups in total. The number of hydrogen-bond acceptors (Lipinski definition) is 5. The number of methoxy groups -OCH3 is 2. The Kier molecular flexibility index (Phi) is 8.43. The number of nitrogens with one attached hydrogen (secondary N) is 1. The van der Waals surface area contributed by atoms with Gasteiger partial charge in [-0.3, -0.25) is 9.59 Å². The van der Waals surface area contributed by atoms with Gasteiger partial charge in [0, 0.05) is 21.7 Å². The molecule has 0 aliphatic rings. The molecule has 1 aromatic heterocycles. The molecule has 0 aliphatic heterocycles. The molecular weight excluding hydrogens is 498 g/mol. The highest BCUT2D eigenvalue weighted by molar-refractivity contribution is 7.09. The number of benzene rings is 3. The fourth-order valence-electron chi connectivity index (χ4n) is 4.04. The number of hydrogen-bond donors (Lipinski definition) is 1. The van der Waals surface area contributed by atoms with E-state index in [0.29, 0.717) is 34.0 Å². The highest BCUT2D eigenvalue weighted by atomic mass is 32.1. The maximum Gasteiger partial charge on any atom is 0.279 e. The summed E-state index contributed by atoms with van der Waals surface area (Å²) >= 11 is 1.47. The summed E-state index contributed by atoms with van der Waals surface area (Å²) in [4.78, 5) is 31.9. The number of aromatic nitrogens is 1. The zero-order valence-electron chi connectivity index (χ0n) is 22.1. The van der Waals surface area contributed by atoms with Crippen LogP contribution in [-0.4, -0.2) is 30.6 Å². The largest absolute Gasteiger partial charge is 0.493 e. The van der Waals surface area contributed by atoms with Gasteiger partial charge in [0.15, 0.2) is 16.3 Å². The summed E-state index contributed by atoms with van der Waals surface area (Å²) in [5.74, 6) is 0.538. The average molecular weight is 530 g/mol. The van der Waals surface area contributed by atoms with Crippen molar-refractivity contribution in [2.45, 2.75) is 33.4 Å². The van der Waals surface area contributed by atoms with Crippen LogP contribution in [0, 0.1) is 13.8 Å². The Labute approximate surface area is 226 Å². The lowest BCUT2D eigenvalue weighted by Crippen LogP contribution is -2.26. The molecule has 1 unspecified atom stereocenters. The predicted octanol–water partition coefficient (Wildman–Crippen LogP) is 5.46. The summed E-state index contributed by atoms with van der Waals surface area (Å²) < 4.78 is 12.6. The summed E-state index contributed by atoms with van der Waals surface area (Å²) in [6, 6.07) is 22.3. The smallest absolute Gasteiger partial charge is 0.279 e. The molecule has 1 heterocycles. The summed E-state index contributed by atoms with van der Waals surface area (Å²) in [6.07, 6.45) is 0. The lowest BCUT2D eigenvalue weighted by atomic mass is 10.1. The quantitative estimate of drug-likeness (QED) is 0.328. The van der Waals surface area contributed by atoms with Gasteiger partial charge in [-0.1, -0.05) is 42.5 Å². The lowest BCUT2D eigenvalue weighted by molar-refractivity contribution is 0.0938. The van der Waals surface area contributed by atoms with Crippen molar-refractivity contribution in [1.82, 2.24) is 9.88 Å². The number of aryl methyl sites for hydroxylation is 1. The van der Waals surface area contributed by atoms with Crippen LogP contribution >= 0.6 is 11.3 Å². The topological polar surface area (TPSA) is 81.9 Å². The molecule has 0 fully saturated rings. The molecule has 0 aliphatic carbocycles. The van der Waals surface area contributed by atoms with Crippen molar-refractivity contribution < 1.29 is 19.1 Å². The second-order valence-electron chi connectivity index (χ2n) is 8.90. The van der Waals surface area contributed by atoms with Gasteiger partial charge in [0.05, 0.1) is 26.8 Å². The monoisotopic (exact) mass is 529 g/mol. The van der Waals surface area contributed by atoms with Crippen molar-refractivity contribution in [3.05, 3.63) is 110 Å². The summed E-state index contributed by atoms with van der Waals surface area (Å²) in [5.41, 5.74) is 4.09. The van der Waals surface area contributed by atoms with Gasteiger partial charge >= 0.3 is 0 Å². The van der Waals surface area contributed by atoms with Crippen LogP contribution in [0.1, 0.15) is 55.4 Å². The number of carbonyl (C=O) groups excluding carboxylic acids is 2. The minimum Gasteiger partial charge on any atom is -0.493 e. The van der Waals surface area contributed by atoms with Crippen molar-refractivity contribution in [3.8, 4) is 11.5 Å². The maximum absolute atomic E-state index is 13.0. The van der Waals surface area contributed by atoms with Crippen LogP contribution in [-0.2, 0) is 6.54 Å². The average Bonchev–Trinajstić information content (AvgIpc) is 3.20. The summed E-state index contributed by atoms with van der Waals surface area (Å²) in [7, 11) is 3.08. The molecule has 38 heavy (non-hydrogen) atoms. The van der Waals surface area contributed by atoms with Crippen LogP contribution in [0.15, 0.2) is 77.8 Å². The minimum absolute atomic E-state index is 0.0947. The standard InChI is InChI=1S/C30H31N3O4S/c1-19(23-9-7-6-8-10-23)31-28(34)24-13-11-22(12-14-24)18-33-20(2)21(3)38-30(33)32-29(35)25-15-16-26(36-4)27(17-25)37-5/h6-17,19H,18H2,1-5H3,(H,31,34). The third kappa shape index (κ3) is 6.03. The van der Waals surface area contributed by atoms with E-state index in [4.69, 9.17) is 9.47 Å². The first kappa shape index (κ1) is 26.9. The van der Waals surface area contributed by atoms with Crippen molar-refractivity contribution in [2.24, 2.45) is 4.99 Å². The number of ether oxygens (including phenoxy) is 2. The van der Waals surface area contributed by atoms with Gasteiger partial charge in [-0.15, -0.1) is 11.3 Å². The van der Waals surface area contributed by atoms with Crippen molar-refractivity contribution in [3.63, 3.8) is 0 Å². The fourth-order valence-corrected chi connectivity index (χ4v) is 5.01. The van der Waals surface area contributed by atoms with Crippen LogP contribution < -0.4 is 19.6 Å². The summed E-state index contributed by atoms with van der Waals surface area (Å²) in [6.45, 7) is 6.51. The van der Waals surface area contributed by atoms with Crippen molar-refractivity contribution in [2.75, 3.05) is 14.2 Å². The second-order valence-corrected chi connectivity index (χ2v) is 10.1. The molecule has 0 spiro atoms. The molecule has 1 atom stereocenters. The van der Waals surface area contributed by atoms with Crippen LogP contribution in [0.2, 0.25) is 0 Å². The van der Waals surface area contributed by atoms with Crippen LogP contribution in [0.25, 0.3) is 0 Å². The molecule has 0 radical (unpaired) electrons. The molecule has 0 bridgehead atoms. The predicted molar refractivity (Wildman–Crippen MR) is 149 cm³/mol. The van der Waals surface area contributed by atoms with Crippen molar-refractivity contribution >= 4 is 23.2 Å². The van der Waals surface area contributed by atoms with Gasteiger partial charge in [0.1, 0.15) is 0 Å². The normalized spacial score (nSPS) is 12.2. The van der Waals surface area contributed by atoms with E-state index >= 15 is 0 Å². The first-order chi connectivity index (χ1) is 18.3. The Morgan fingerprint density at radius 1 is 0.921 bits per heavy atom. The van der Waals surface area contributed by atoms with E-state index in [0.717, 1.165) is 21.7 Å². The first-order valence-electron chi connectivity index (χ1n) is 12.2. The van der Waals surface area contributed by atoms with E-state index in [9.17, 15) is 9.59 Å². The zero-order valence-corrected chi connectivity index (χ0v) is 23.0. The van der Waals surface area contributed by atoms with E-state index in [1.165, 1.54) is 18.4 Å². The Morgan fingerprint density at radius 3 is 2.24 bits per heavy atom. The maximum atomic E-state index is 13.0. The highest BCUT2D eigenvalue weighted by Gasteiger charge is 2.14. The number of thiazole rings is 1. The van der Waals surface area contributed by atoms with E-state index in [1.54, 1.807) is 25.3 Å². The Hall–Kier alpha value is -4.17. The lowest BCUT2D eigenvalue weighted by Gasteiger charge is -2.14. The Morgan fingerprint density at radius 2 is 1.58 bits per heavy atom. The molecule has 3 aromatic carbocycles. The van der Waals surface area contributed by atoms with Gasteiger partial charge in [0.25, 0.3) is 11.8 Å². The molecule has 4 aromatic rings. The molecule has 7 nitrogen and oxygen atoms in total. The Bertz CT molecular complexity index is 1500. The van der Waals surface area contributed by atoms with Gasteiger partial charge in [0.2, 0.25) is 0 Å². The summed E-state index contributed by atoms with van der Waals surface area (Å²) in [5, 5.41) is 3.04.